The number of H-pyrrole nitrogens is 1. The Morgan fingerprint density at radius 3 is 2.53 bits per heavy atom. The maximum absolute atomic E-state index is 13.3. The third-order valence-corrected chi connectivity index (χ3v) is 6.02. The lowest BCUT2D eigenvalue weighted by Crippen LogP contribution is -2.42. The molecule has 1 amide bonds. The minimum atomic E-state index is -0.119. The second-order valence-corrected chi connectivity index (χ2v) is 8.05. The van der Waals surface area contributed by atoms with Crippen LogP contribution < -0.4 is 10.3 Å². The van der Waals surface area contributed by atoms with Gasteiger partial charge in [-0.3, -0.25) is 9.59 Å². The van der Waals surface area contributed by atoms with Gasteiger partial charge in [0.25, 0.3) is 5.56 Å². The van der Waals surface area contributed by atoms with Gasteiger partial charge in [-0.05, 0) is 48.1 Å². The molecule has 0 spiro atoms. The number of methoxy groups -OCH3 is 1. The van der Waals surface area contributed by atoms with Crippen molar-refractivity contribution < 1.29 is 9.53 Å². The molecule has 30 heavy (non-hydrogen) atoms. The SMILES string of the molecule is COc1ccc(CC(=O)N(Cc2cc3ccccc3[nH]c2=O)C2CCCCC2)cc1. The Kier molecular flexibility index (Phi) is 6.17. The van der Waals surface area contributed by atoms with E-state index in [0.29, 0.717) is 18.5 Å². The Bertz CT molecular complexity index is 1070. The van der Waals surface area contributed by atoms with Crippen LogP contribution in [0.2, 0.25) is 0 Å². The van der Waals surface area contributed by atoms with Gasteiger partial charge in [-0.15, -0.1) is 0 Å². The third kappa shape index (κ3) is 4.56. The quantitative estimate of drug-likeness (QED) is 0.661. The van der Waals surface area contributed by atoms with Crippen molar-refractivity contribution in [1.82, 2.24) is 9.88 Å². The van der Waals surface area contributed by atoms with Crippen LogP contribution in [0.25, 0.3) is 10.9 Å². The number of fused-ring (bicyclic) bond motifs is 1. The number of nitrogens with one attached hydrogen (secondary N) is 1. The smallest absolute Gasteiger partial charge is 0.253 e. The molecule has 1 aliphatic rings. The van der Waals surface area contributed by atoms with Gasteiger partial charge in [-0.1, -0.05) is 49.6 Å². The van der Waals surface area contributed by atoms with E-state index in [1.54, 1.807) is 7.11 Å². The molecule has 0 aliphatic heterocycles. The van der Waals surface area contributed by atoms with Crippen molar-refractivity contribution >= 4 is 16.8 Å². The molecule has 0 atom stereocenters. The maximum atomic E-state index is 13.3. The Hall–Kier alpha value is -3.08. The summed E-state index contributed by atoms with van der Waals surface area (Å²) >= 11 is 0. The molecule has 1 aromatic heterocycles. The average molecular weight is 405 g/mol. The van der Waals surface area contributed by atoms with Crippen LogP contribution >= 0.6 is 0 Å². The van der Waals surface area contributed by atoms with Crippen molar-refractivity contribution in [3.8, 4) is 5.75 Å². The summed E-state index contributed by atoms with van der Waals surface area (Å²) in [6.45, 7) is 0.347. The van der Waals surface area contributed by atoms with Crippen LogP contribution in [0.15, 0.2) is 59.4 Å². The number of para-hydroxylation sites is 1. The topological polar surface area (TPSA) is 62.4 Å². The molecule has 2 aromatic carbocycles. The molecule has 5 heteroatoms. The minimum Gasteiger partial charge on any atom is -0.497 e. The fourth-order valence-corrected chi connectivity index (χ4v) is 4.33. The van der Waals surface area contributed by atoms with Crippen molar-refractivity contribution in [3.63, 3.8) is 0 Å². The number of pyridine rings is 1. The molecule has 1 fully saturated rings. The van der Waals surface area contributed by atoms with Gasteiger partial charge in [-0.25, -0.2) is 0 Å². The van der Waals surface area contributed by atoms with E-state index in [1.807, 2.05) is 59.5 Å². The zero-order valence-corrected chi connectivity index (χ0v) is 17.4. The van der Waals surface area contributed by atoms with E-state index in [1.165, 1.54) is 6.42 Å². The number of hydrogen-bond acceptors (Lipinski definition) is 3. The number of ether oxygens (including phenoxy) is 1. The fourth-order valence-electron chi connectivity index (χ4n) is 4.33. The molecule has 1 N–H and O–H groups in total. The summed E-state index contributed by atoms with van der Waals surface area (Å²) in [5.74, 6) is 0.845. The highest BCUT2D eigenvalue weighted by atomic mass is 16.5. The number of nitrogens with zero attached hydrogens (tertiary/aromatic N) is 1. The lowest BCUT2D eigenvalue weighted by molar-refractivity contribution is -0.134. The van der Waals surface area contributed by atoms with E-state index in [4.69, 9.17) is 4.74 Å². The number of aromatic nitrogens is 1. The molecule has 1 saturated carbocycles. The molecule has 0 unspecified atom stereocenters. The molecule has 0 radical (unpaired) electrons. The van der Waals surface area contributed by atoms with Crippen LogP contribution in [0.5, 0.6) is 5.75 Å². The Morgan fingerprint density at radius 1 is 1.07 bits per heavy atom. The molecule has 156 valence electrons. The summed E-state index contributed by atoms with van der Waals surface area (Å²) in [5.41, 5.74) is 2.29. The van der Waals surface area contributed by atoms with Crippen LogP contribution in [0, 0.1) is 0 Å². The first-order chi connectivity index (χ1) is 14.6. The molecule has 1 aliphatic carbocycles. The van der Waals surface area contributed by atoms with Gasteiger partial charge in [0.05, 0.1) is 20.1 Å². The zero-order chi connectivity index (χ0) is 20.9. The number of amides is 1. The minimum absolute atomic E-state index is 0.0691. The lowest BCUT2D eigenvalue weighted by Gasteiger charge is -2.34. The highest BCUT2D eigenvalue weighted by Crippen LogP contribution is 2.25. The highest BCUT2D eigenvalue weighted by molar-refractivity contribution is 5.80. The monoisotopic (exact) mass is 404 g/mol. The van der Waals surface area contributed by atoms with Crippen molar-refractivity contribution in [3.05, 3.63) is 76.1 Å². The van der Waals surface area contributed by atoms with Crippen LogP contribution in [0.4, 0.5) is 0 Å². The summed E-state index contributed by atoms with van der Waals surface area (Å²) in [5, 5.41) is 0.985. The maximum Gasteiger partial charge on any atom is 0.253 e. The third-order valence-electron chi connectivity index (χ3n) is 6.02. The Morgan fingerprint density at radius 2 is 1.80 bits per heavy atom. The zero-order valence-electron chi connectivity index (χ0n) is 17.4. The summed E-state index contributed by atoms with van der Waals surface area (Å²) in [4.78, 5) is 30.9. The van der Waals surface area contributed by atoms with Gasteiger partial charge in [-0.2, -0.15) is 0 Å². The van der Waals surface area contributed by atoms with Crippen molar-refractivity contribution in [1.29, 1.82) is 0 Å². The van der Waals surface area contributed by atoms with Gasteiger partial charge >= 0.3 is 0 Å². The molecule has 5 nitrogen and oxygen atoms in total. The first kappa shape index (κ1) is 20.2. The average Bonchev–Trinajstić information content (AvgIpc) is 2.78. The fraction of sp³-hybridized carbons (Fsp3) is 0.360. The van der Waals surface area contributed by atoms with Crippen LogP contribution in [-0.2, 0) is 17.8 Å². The second-order valence-electron chi connectivity index (χ2n) is 8.05. The van der Waals surface area contributed by atoms with Crippen LogP contribution in [0.3, 0.4) is 0 Å². The van der Waals surface area contributed by atoms with E-state index >= 15 is 0 Å². The molecular weight excluding hydrogens is 376 g/mol. The summed E-state index contributed by atoms with van der Waals surface area (Å²) in [6.07, 6.45) is 5.80. The largest absolute Gasteiger partial charge is 0.497 e. The van der Waals surface area contributed by atoms with Crippen molar-refractivity contribution in [2.45, 2.75) is 51.1 Å². The van der Waals surface area contributed by atoms with E-state index in [2.05, 4.69) is 4.98 Å². The van der Waals surface area contributed by atoms with Gasteiger partial charge in [0.1, 0.15) is 5.75 Å². The van der Waals surface area contributed by atoms with E-state index < -0.39 is 0 Å². The Labute approximate surface area is 176 Å². The summed E-state index contributed by atoms with van der Waals surface area (Å²) in [7, 11) is 1.63. The molecule has 0 saturated heterocycles. The standard InChI is InChI=1S/C25H28N2O3/c1-30-22-13-11-18(12-14-22)15-24(28)27(21-8-3-2-4-9-21)17-20-16-19-7-5-6-10-23(19)26-25(20)29/h5-7,10-14,16,21H,2-4,8-9,15,17H2,1H3,(H,26,29). The van der Waals surface area contributed by atoms with Gasteiger partial charge < -0.3 is 14.6 Å². The predicted octanol–water partition coefficient (Wildman–Crippen LogP) is 4.44. The number of benzene rings is 2. The first-order valence-electron chi connectivity index (χ1n) is 10.7. The van der Waals surface area contributed by atoms with E-state index in [0.717, 1.165) is 47.9 Å². The Balaban J connectivity index is 1.60. The van der Waals surface area contributed by atoms with Gasteiger partial charge in [0.2, 0.25) is 5.91 Å². The number of carbonyl (C=O) groups excluding carboxylic acids is 1. The van der Waals surface area contributed by atoms with E-state index in [-0.39, 0.29) is 17.5 Å². The van der Waals surface area contributed by atoms with Crippen LogP contribution in [-0.4, -0.2) is 28.9 Å². The predicted molar refractivity (Wildman–Crippen MR) is 119 cm³/mol. The second kappa shape index (κ2) is 9.16. The molecule has 0 bridgehead atoms. The molecule has 3 aromatic rings. The molecule has 4 rings (SSSR count). The number of rotatable bonds is 6. The van der Waals surface area contributed by atoms with Crippen LogP contribution in [0.1, 0.15) is 43.2 Å². The van der Waals surface area contributed by atoms with Crippen molar-refractivity contribution in [2.75, 3.05) is 7.11 Å². The number of hydrogen-bond donors (Lipinski definition) is 1. The summed E-state index contributed by atoms with van der Waals surface area (Å²) in [6, 6.07) is 17.5. The normalized spacial score (nSPS) is 14.6. The van der Waals surface area contributed by atoms with Gasteiger partial charge in [0.15, 0.2) is 0 Å². The first-order valence-corrected chi connectivity index (χ1v) is 10.7. The summed E-state index contributed by atoms with van der Waals surface area (Å²) < 4.78 is 5.21. The number of carbonyl (C=O) groups is 1. The van der Waals surface area contributed by atoms with E-state index in [9.17, 15) is 9.59 Å². The van der Waals surface area contributed by atoms with Crippen molar-refractivity contribution in [2.24, 2.45) is 0 Å². The van der Waals surface area contributed by atoms with Gasteiger partial charge in [0, 0.05) is 17.1 Å². The number of aromatic amines is 1. The molecule has 1 heterocycles. The highest BCUT2D eigenvalue weighted by Gasteiger charge is 2.26. The lowest BCUT2D eigenvalue weighted by atomic mass is 9.93. The molecular formula is C25H28N2O3.